The minimum absolute atomic E-state index is 0.527. The molecule has 0 saturated carbocycles. The number of hydrogen-bond donors (Lipinski definition) is 2. The second-order valence-corrected chi connectivity index (χ2v) is 5.87. The van der Waals surface area contributed by atoms with Gasteiger partial charge in [-0.2, -0.15) is 0 Å². The molecule has 25 heavy (non-hydrogen) atoms. The van der Waals surface area contributed by atoms with E-state index < -0.39 is 0 Å². The summed E-state index contributed by atoms with van der Waals surface area (Å²) in [6, 6.07) is 10.5. The van der Waals surface area contributed by atoms with E-state index in [9.17, 15) is 0 Å². The number of aryl methyl sites for hydroxylation is 2. The van der Waals surface area contributed by atoms with Crippen LogP contribution >= 0.6 is 0 Å². The molecule has 2 rings (SSSR count). The van der Waals surface area contributed by atoms with E-state index in [4.69, 9.17) is 4.42 Å². The van der Waals surface area contributed by atoms with E-state index in [1.165, 1.54) is 5.69 Å². The number of anilines is 1. The van der Waals surface area contributed by atoms with Gasteiger partial charge in [0.1, 0.15) is 5.76 Å². The van der Waals surface area contributed by atoms with Crippen molar-refractivity contribution in [1.82, 2.24) is 15.6 Å². The molecule has 2 aromatic rings. The van der Waals surface area contributed by atoms with Gasteiger partial charge < -0.3 is 20.0 Å². The number of benzene rings is 1. The van der Waals surface area contributed by atoms with Crippen LogP contribution in [0.5, 0.6) is 0 Å². The van der Waals surface area contributed by atoms with Crippen molar-refractivity contribution < 1.29 is 4.42 Å². The third-order valence-electron chi connectivity index (χ3n) is 4.10. The Hall–Kier alpha value is -2.50. The Bertz CT molecular complexity index is 646. The fourth-order valence-electron chi connectivity index (χ4n) is 2.58. The molecule has 0 saturated heterocycles. The van der Waals surface area contributed by atoms with Crippen LogP contribution in [0.4, 0.5) is 5.69 Å². The SMILES string of the molecule is CCN(CCCNC(=NC)NCc1nc(C)c(C)o1)c1ccccc1. The van der Waals surface area contributed by atoms with E-state index in [1.54, 1.807) is 7.05 Å². The molecule has 0 aliphatic heterocycles. The number of rotatable bonds is 8. The molecule has 0 aliphatic rings. The van der Waals surface area contributed by atoms with Crippen LogP contribution in [0, 0.1) is 13.8 Å². The summed E-state index contributed by atoms with van der Waals surface area (Å²) >= 11 is 0. The molecule has 0 amide bonds. The van der Waals surface area contributed by atoms with E-state index in [1.807, 2.05) is 19.9 Å². The van der Waals surface area contributed by atoms with Gasteiger partial charge in [-0.15, -0.1) is 0 Å². The van der Waals surface area contributed by atoms with E-state index in [2.05, 4.69) is 56.7 Å². The summed E-state index contributed by atoms with van der Waals surface area (Å²) in [4.78, 5) is 11.0. The number of aromatic nitrogens is 1. The lowest BCUT2D eigenvalue weighted by molar-refractivity contribution is 0.463. The maximum Gasteiger partial charge on any atom is 0.214 e. The Labute approximate surface area is 150 Å². The second-order valence-electron chi connectivity index (χ2n) is 5.87. The third-order valence-corrected chi connectivity index (χ3v) is 4.10. The van der Waals surface area contributed by atoms with Crippen molar-refractivity contribution >= 4 is 11.6 Å². The predicted molar refractivity (Wildman–Crippen MR) is 103 cm³/mol. The molecule has 136 valence electrons. The average Bonchev–Trinajstić information content (AvgIpc) is 2.96. The molecule has 0 spiro atoms. The van der Waals surface area contributed by atoms with Crippen LogP contribution in [0.15, 0.2) is 39.7 Å². The first kappa shape index (κ1) is 18.8. The molecule has 2 N–H and O–H groups in total. The Kier molecular flexibility index (Phi) is 7.32. The fourth-order valence-corrected chi connectivity index (χ4v) is 2.58. The van der Waals surface area contributed by atoms with E-state index in [-0.39, 0.29) is 0 Å². The number of hydrogen-bond acceptors (Lipinski definition) is 4. The Morgan fingerprint density at radius 3 is 2.56 bits per heavy atom. The molecule has 0 radical (unpaired) electrons. The van der Waals surface area contributed by atoms with Crippen LogP contribution in [0.25, 0.3) is 0 Å². The number of nitrogens with zero attached hydrogens (tertiary/aromatic N) is 3. The summed E-state index contributed by atoms with van der Waals surface area (Å²) in [5, 5.41) is 6.56. The average molecular weight is 343 g/mol. The smallest absolute Gasteiger partial charge is 0.214 e. The van der Waals surface area contributed by atoms with Gasteiger partial charge in [0.25, 0.3) is 0 Å². The fraction of sp³-hybridized carbons (Fsp3) is 0.474. The number of aliphatic imine (C=N–C) groups is 1. The van der Waals surface area contributed by atoms with Crippen LogP contribution in [0.1, 0.15) is 30.7 Å². The Balaban J connectivity index is 1.71. The summed E-state index contributed by atoms with van der Waals surface area (Å²) in [6.07, 6.45) is 1.03. The van der Waals surface area contributed by atoms with E-state index in [0.29, 0.717) is 12.4 Å². The minimum Gasteiger partial charge on any atom is -0.444 e. The molecule has 1 heterocycles. The minimum atomic E-state index is 0.527. The van der Waals surface area contributed by atoms with E-state index >= 15 is 0 Å². The Morgan fingerprint density at radius 1 is 1.20 bits per heavy atom. The number of para-hydroxylation sites is 1. The molecule has 1 aromatic carbocycles. The first-order valence-electron chi connectivity index (χ1n) is 8.81. The quantitative estimate of drug-likeness (QED) is 0.438. The highest BCUT2D eigenvalue weighted by molar-refractivity contribution is 5.79. The van der Waals surface area contributed by atoms with Gasteiger partial charge in [-0.05, 0) is 39.3 Å². The first-order chi connectivity index (χ1) is 12.1. The summed E-state index contributed by atoms with van der Waals surface area (Å²) in [7, 11) is 1.77. The molecular weight excluding hydrogens is 314 g/mol. The van der Waals surface area contributed by atoms with Gasteiger partial charge in [0.05, 0.1) is 12.2 Å². The molecule has 0 atom stereocenters. The van der Waals surface area contributed by atoms with E-state index in [0.717, 1.165) is 43.5 Å². The van der Waals surface area contributed by atoms with Crippen molar-refractivity contribution in [3.63, 3.8) is 0 Å². The van der Waals surface area contributed by atoms with Gasteiger partial charge in [0.15, 0.2) is 5.96 Å². The molecule has 0 aliphatic carbocycles. The van der Waals surface area contributed by atoms with Crippen LogP contribution < -0.4 is 15.5 Å². The van der Waals surface area contributed by atoms with Crippen molar-refractivity contribution in [2.24, 2.45) is 4.99 Å². The normalized spacial score (nSPS) is 11.4. The van der Waals surface area contributed by atoms with Crippen LogP contribution in [-0.4, -0.2) is 37.6 Å². The lowest BCUT2D eigenvalue weighted by atomic mass is 10.2. The number of nitrogens with one attached hydrogen (secondary N) is 2. The molecule has 0 fully saturated rings. The largest absolute Gasteiger partial charge is 0.444 e. The zero-order valence-electron chi connectivity index (χ0n) is 15.7. The highest BCUT2D eigenvalue weighted by atomic mass is 16.4. The van der Waals surface area contributed by atoms with Crippen LogP contribution in [0.2, 0.25) is 0 Å². The molecule has 6 nitrogen and oxygen atoms in total. The van der Waals surface area contributed by atoms with Crippen molar-refractivity contribution in [1.29, 1.82) is 0 Å². The second kappa shape index (κ2) is 9.71. The maximum atomic E-state index is 5.57. The zero-order valence-corrected chi connectivity index (χ0v) is 15.7. The van der Waals surface area contributed by atoms with Crippen LogP contribution in [0.3, 0.4) is 0 Å². The lowest BCUT2D eigenvalue weighted by Gasteiger charge is -2.23. The summed E-state index contributed by atoms with van der Waals surface area (Å²) < 4.78 is 5.57. The van der Waals surface area contributed by atoms with Gasteiger partial charge in [-0.25, -0.2) is 4.98 Å². The standard InChI is InChI=1S/C19H29N5O/c1-5-24(17-10-7-6-8-11-17)13-9-12-21-19(20-4)22-14-18-23-15(2)16(3)25-18/h6-8,10-11H,5,9,12-14H2,1-4H3,(H2,20,21,22). The summed E-state index contributed by atoms with van der Waals surface area (Å²) in [5.74, 6) is 2.30. The van der Waals surface area contributed by atoms with Crippen LogP contribution in [-0.2, 0) is 6.54 Å². The van der Waals surface area contributed by atoms with Crippen molar-refractivity contribution in [3.05, 3.63) is 47.7 Å². The van der Waals surface area contributed by atoms with Gasteiger partial charge in [0, 0.05) is 32.4 Å². The molecule has 0 bridgehead atoms. The molecule has 0 unspecified atom stereocenters. The number of oxazole rings is 1. The summed E-state index contributed by atoms with van der Waals surface area (Å²) in [5.41, 5.74) is 2.20. The lowest BCUT2D eigenvalue weighted by Crippen LogP contribution is -2.38. The van der Waals surface area contributed by atoms with Gasteiger partial charge in [0.2, 0.25) is 5.89 Å². The zero-order chi connectivity index (χ0) is 18.1. The number of guanidine groups is 1. The summed E-state index contributed by atoms with van der Waals surface area (Å²) in [6.45, 7) is 9.43. The van der Waals surface area contributed by atoms with Gasteiger partial charge in [-0.3, -0.25) is 4.99 Å². The molecule has 1 aromatic heterocycles. The monoisotopic (exact) mass is 343 g/mol. The maximum absolute atomic E-state index is 5.57. The van der Waals surface area contributed by atoms with Gasteiger partial charge >= 0.3 is 0 Å². The van der Waals surface area contributed by atoms with Crippen molar-refractivity contribution in [3.8, 4) is 0 Å². The predicted octanol–water partition coefficient (Wildman–Crippen LogP) is 2.87. The highest BCUT2D eigenvalue weighted by Gasteiger charge is 2.07. The molecular formula is C19H29N5O. The van der Waals surface area contributed by atoms with Crippen molar-refractivity contribution in [2.45, 2.75) is 33.7 Å². The molecule has 6 heteroatoms. The first-order valence-corrected chi connectivity index (χ1v) is 8.81. The van der Waals surface area contributed by atoms with Crippen molar-refractivity contribution in [2.75, 3.05) is 31.6 Å². The third kappa shape index (κ3) is 5.81. The van der Waals surface area contributed by atoms with Gasteiger partial charge in [-0.1, -0.05) is 18.2 Å². The Morgan fingerprint density at radius 2 is 1.96 bits per heavy atom. The topological polar surface area (TPSA) is 65.7 Å². The highest BCUT2D eigenvalue weighted by Crippen LogP contribution is 2.12.